The normalized spacial score (nSPS) is 24.3. The van der Waals surface area contributed by atoms with Crippen LogP contribution in [0.1, 0.15) is 48.7 Å². The largest absolute Gasteiger partial charge is 0.402 e. The third-order valence-corrected chi connectivity index (χ3v) is 9.89. The molecule has 0 radical (unpaired) electrons. The van der Waals surface area contributed by atoms with Crippen molar-refractivity contribution in [2.45, 2.75) is 56.3 Å². The molecule has 2 aromatic heterocycles. The Morgan fingerprint density at radius 1 is 1.10 bits per heavy atom. The minimum Gasteiger partial charge on any atom is -0.402 e. The van der Waals surface area contributed by atoms with E-state index in [4.69, 9.17) is 19.1 Å². The van der Waals surface area contributed by atoms with Gasteiger partial charge in [-0.15, -0.1) is 16.4 Å². The molecule has 3 atom stereocenters. The molecule has 4 aliphatic rings. The van der Waals surface area contributed by atoms with E-state index in [0.717, 1.165) is 46.9 Å². The standard InChI is InChI=1S/C30H29N7O3S/c1-30(12-7-13-30)28-33-23(27(41-28)37-14-15-39-21-16-20(21)37)26-35-36-29(40-26)34-24-25(38)31-19-11-6-5-10-18(19)22(32-24)17-8-3-2-4-9-17/h2-6,8-11,20-21,24H,7,12-16H2,1H3,(H,31,38)(H,34,36)/t20-,21?,24-/m1/s1. The lowest BCUT2D eigenvalue weighted by Crippen LogP contribution is -2.36. The number of para-hydroxylation sites is 1. The molecule has 4 aromatic rings. The van der Waals surface area contributed by atoms with Crippen molar-refractivity contribution in [1.29, 1.82) is 0 Å². The summed E-state index contributed by atoms with van der Waals surface area (Å²) in [6.07, 6.45) is 3.82. The van der Waals surface area contributed by atoms with Crippen LogP contribution in [0.5, 0.6) is 0 Å². The minimum atomic E-state index is -0.975. The zero-order chi connectivity index (χ0) is 27.6. The third-order valence-electron chi connectivity index (χ3n) is 8.49. The van der Waals surface area contributed by atoms with E-state index in [-0.39, 0.29) is 23.4 Å². The topological polar surface area (TPSA) is 118 Å². The number of aromatic nitrogens is 3. The molecule has 2 aliphatic carbocycles. The number of carbonyl (C=O) groups is 1. The lowest BCUT2D eigenvalue weighted by atomic mass is 9.71. The number of hydrogen-bond acceptors (Lipinski definition) is 10. The van der Waals surface area contributed by atoms with E-state index < -0.39 is 6.17 Å². The molecule has 1 saturated heterocycles. The first-order chi connectivity index (χ1) is 20.1. The van der Waals surface area contributed by atoms with Crippen molar-refractivity contribution >= 4 is 39.7 Å². The predicted molar refractivity (Wildman–Crippen MR) is 157 cm³/mol. The average Bonchev–Trinajstić information content (AvgIpc) is 3.47. The Labute approximate surface area is 240 Å². The first-order valence-electron chi connectivity index (χ1n) is 14.1. The second-order valence-corrected chi connectivity index (χ2v) is 12.3. The van der Waals surface area contributed by atoms with Gasteiger partial charge in [-0.1, -0.05) is 67.0 Å². The molecule has 41 heavy (non-hydrogen) atoms. The molecule has 2 N–H and O–H groups in total. The first-order valence-corrected chi connectivity index (χ1v) is 14.9. The van der Waals surface area contributed by atoms with Crippen LogP contribution in [0.4, 0.5) is 16.7 Å². The first kappa shape index (κ1) is 24.7. The summed E-state index contributed by atoms with van der Waals surface area (Å²) >= 11 is 1.74. The van der Waals surface area contributed by atoms with Crippen molar-refractivity contribution in [3.05, 3.63) is 70.7 Å². The van der Waals surface area contributed by atoms with E-state index in [2.05, 4.69) is 32.7 Å². The number of hydrogen-bond donors (Lipinski definition) is 2. The molecule has 4 heterocycles. The molecule has 3 fully saturated rings. The van der Waals surface area contributed by atoms with E-state index in [1.54, 1.807) is 11.3 Å². The van der Waals surface area contributed by atoms with E-state index in [1.807, 2.05) is 54.6 Å². The number of nitrogens with one attached hydrogen (secondary N) is 2. The monoisotopic (exact) mass is 567 g/mol. The smallest absolute Gasteiger partial charge is 0.317 e. The second kappa shape index (κ2) is 9.49. The molecule has 208 valence electrons. The lowest BCUT2D eigenvalue weighted by Gasteiger charge is -2.36. The van der Waals surface area contributed by atoms with Gasteiger partial charge in [0.15, 0.2) is 5.69 Å². The number of morpholine rings is 1. The molecule has 2 aliphatic heterocycles. The van der Waals surface area contributed by atoms with Crippen LogP contribution >= 0.6 is 11.3 Å². The van der Waals surface area contributed by atoms with Gasteiger partial charge < -0.3 is 24.7 Å². The van der Waals surface area contributed by atoms with Gasteiger partial charge in [-0.3, -0.25) is 4.79 Å². The highest BCUT2D eigenvalue weighted by molar-refractivity contribution is 7.16. The molecule has 0 spiro atoms. The number of aliphatic imine (C=N–C) groups is 1. The minimum absolute atomic E-state index is 0.0873. The number of benzodiazepines with no additional fused rings is 1. The molecule has 0 bridgehead atoms. The highest BCUT2D eigenvalue weighted by atomic mass is 32.1. The fourth-order valence-corrected chi connectivity index (χ4v) is 7.23. The van der Waals surface area contributed by atoms with Crippen molar-refractivity contribution in [1.82, 2.24) is 15.2 Å². The predicted octanol–water partition coefficient (Wildman–Crippen LogP) is 4.84. The van der Waals surface area contributed by atoms with Gasteiger partial charge in [0.2, 0.25) is 6.17 Å². The van der Waals surface area contributed by atoms with Crippen LogP contribution in [0, 0.1) is 0 Å². The maximum atomic E-state index is 13.3. The van der Waals surface area contributed by atoms with E-state index in [1.165, 1.54) is 6.42 Å². The van der Waals surface area contributed by atoms with Gasteiger partial charge in [-0.05, 0) is 25.3 Å². The molecule has 11 heteroatoms. The second-order valence-electron chi connectivity index (χ2n) is 11.3. The van der Waals surface area contributed by atoms with Crippen LogP contribution in [0.15, 0.2) is 64.0 Å². The Bertz CT molecular complexity index is 1660. The van der Waals surface area contributed by atoms with Gasteiger partial charge >= 0.3 is 6.01 Å². The molecule has 1 unspecified atom stereocenters. The van der Waals surface area contributed by atoms with Crippen molar-refractivity contribution in [2.75, 3.05) is 28.7 Å². The summed E-state index contributed by atoms with van der Waals surface area (Å²) in [7, 11) is 0. The summed E-state index contributed by atoms with van der Waals surface area (Å²) in [5, 5.41) is 16.9. The summed E-state index contributed by atoms with van der Waals surface area (Å²) in [4.78, 5) is 25.6. The number of fused-ring (bicyclic) bond motifs is 2. The van der Waals surface area contributed by atoms with Crippen molar-refractivity contribution in [2.24, 2.45) is 4.99 Å². The Morgan fingerprint density at radius 3 is 2.76 bits per heavy atom. The van der Waals surface area contributed by atoms with Gasteiger partial charge in [-0.25, -0.2) is 9.98 Å². The molecule has 2 saturated carbocycles. The number of amides is 1. The van der Waals surface area contributed by atoms with E-state index >= 15 is 0 Å². The van der Waals surface area contributed by atoms with Crippen molar-refractivity contribution < 1.29 is 13.9 Å². The van der Waals surface area contributed by atoms with Gasteiger partial charge in [0.25, 0.3) is 11.8 Å². The molecule has 10 nitrogen and oxygen atoms in total. The lowest BCUT2D eigenvalue weighted by molar-refractivity contribution is -0.116. The average molecular weight is 568 g/mol. The highest BCUT2D eigenvalue weighted by Crippen LogP contribution is 2.51. The van der Waals surface area contributed by atoms with Crippen LogP contribution in [-0.4, -0.2) is 58.3 Å². The van der Waals surface area contributed by atoms with Crippen molar-refractivity contribution in [3.8, 4) is 11.6 Å². The fraction of sp³-hybridized carbons (Fsp3) is 0.367. The number of thiazole rings is 1. The van der Waals surface area contributed by atoms with Crippen LogP contribution in [-0.2, 0) is 14.9 Å². The molecule has 2 aromatic carbocycles. The number of ether oxygens (including phenoxy) is 1. The maximum absolute atomic E-state index is 13.3. The van der Waals surface area contributed by atoms with Gasteiger partial charge in [0, 0.05) is 23.1 Å². The number of nitrogens with zero attached hydrogens (tertiary/aromatic N) is 5. The van der Waals surface area contributed by atoms with Crippen molar-refractivity contribution in [3.63, 3.8) is 0 Å². The summed E-state index contributed by atoms with van der Waals surface area (Å²) in [5.74, 6) is 0.0203. The van der Waals surface area contributed by atoms with Gasteiger partial charge in [0.05, 0.1) is 30.2 Å². The van der Waals surface area contributed by atoms with E-state index in [9.17, 15) is 4.79 Å². The van der Waals surface area contributed by atoms with E-state index in [0.29, 0.717) is 35.6 Å². The molecular weight excluding hydrogens is 538 g/mol. The summed E-state index contributed by atoms with van der Waals surface area (Å²) < 4.78 is 12.0. The van der Waals surface area contributed by atoms with Crippen LogP contribution in [0.2, 0.25) is 0 Å². The SMILES string of the molecule is CC1(c2nc(-c3nnc(N[C@H]4N=C(c5ccccc5)c5ccccc5NC4=O)o3)c(N3CCOC4C[C@H]43)s2)CCC1. The number of anilines is 3. The zero-order valence-electron chi connectivity index (χ0n) is 22.5. The molecule has 8 rings (SSSR count). The Kier molecular flexibility index (Phi) is 5.71. The molecule has 1 amide bonds. The molecular formula is C30H29N7O3S. The maximum Gasteiger partial charge on any atom is 0.317 e. The summed E-state index contributed by atoms with van der Waals surface area (Å²) in [6.45, 7) is 3.79. The third kappa shape index (κ3) is 4.31. The quantitative estimate of drug-likeness (QED) is 0.340. The van der Waals surface area contributed by atoms with Gasteiger partial charge in [0.1, 0.15) is 10.0 Å². The summed E-state index contributed by atoms with van der Waals surface area (Å²) in [5.41, 5.74) is 3.94. The Hall–Kier alpha value is -4.09. The van der Waals surface area contributed by atoms with Crippen LogP contribution in [0.25, 0.3) is 11.6 Å². The van der Waals surface area contributed by atoms with Gasteiger partial charge in [-0.2, -0.15) is 0 Å². The number of benzene rings is 2. The Balaban J connectivity index is 1.13. The number of rotatable bonds is 6. The fourth-order valence-electron chi connectivity index (χ4n) is 5.89. The van der Waals surface area contributed by atoms with Crippen LogP contribution < -0.4 is 15.5 Å². The van der Waals surface area contributed by atoms with Crippen LogP contribution in [0.3, 0.4) is 0 Å². The number of carbonyl (C=O) groups excluding carboxylic acids is 1. The highest BCUT2D eigenvalue weighted by Gasteiger charge is 2.48. The summed E-state index contributed by atoms with van der Waals surface area (Å²) in [6, 6.07) is 18.0. The Morgan fingerprint density at radius 2 is 1.93 bits per heavy atom. The zero-order valence-corrected chi connectivity index (χ0v) is 23.4.